The maximum absolute atomic E-state index is 13.7. The van der Waals surface area contributed by atoms with Gasteiger partial charge in [-0.3, -0.25) is 19.0 Å². The van der Waals surface area contributed by atoms with Gasteiger partial charge in [0.15, 0.2) is 0 Å². The summed E-state index contributed by atoms with van der Waals surface area (Å²) < 4.78 is 16.3. The van der Waals surface area contributed by atoms with E-state index >= 15 is 0 Å². The van der Waals surface area contributed by atoms with Crippen LogP contribution in [0.15, 0.2) is 47.4 Å². The smallest absolute Gasteiger partial charge is 0.265 e. The molecule has 1 saturated heterocycles. The van der Waals surface area contributed by atoms with Gasteiger partial charge >= 0.3 is 0 Å². The lowest BCUT2D eigenvalue weighted by atomic mass is 9.84. The van der Waals surface area contributed by atoms with E-state index in [1.165, 1.54) is 4.57 Å². The highest BCUT2D eigenvalue weighted by atomic mass is 35.5. The lowest BCUT2D eigenvalue weighted by Gasteiger charge is -2.45. The lowest BCUT2D eigenvalue weighted by molar-refractivity contribution is -0.142. The standard InChI is InChI=1S/C29H36ClN5O4.C6H15NO2.C2H6/c1-5-12-33(13-14-39-4)24-10-11-31-26-22(24)15-23(27(37)32-16-20-6-8-21(30)9-7-20)28(38)35(26)17-25(36)34-18-29(2,3)19-34;1-8-5-3-7-4-6-9-2;1-2/h6-11,15H,5,12-14,16-19H2,1-4H3,(H,32,37);7H,3-6H2,1-2H3;1-2H3. The number of likely N-dealkylation sites (tertiary alicyclic amines) is 1. The number of nitrogens with zero attached hydrogens (tertiary/aromatic N) is 4. The molecule has 1 aliphatic heterocycles. The zero-order chi connectivity index (χ0) is 37.1. The molecule has 3 aromatic rings. The highest BCUT2D eigenvalue weighted by Crippen LogP contribution is 2.30. The molecule has 0 bridgehead atoms. The Morgan fingerprint density at radius 3 is 2.14 bits per heavy atom. The van der Waals surface area contributed by atoms with Gasteiger partial charge in [0.25, 0.3) is 11.5 Å². The third kappa shape index (κ3) is 13.0. The van der Waals surface area contributed by atoms with E-state index in [0.29, 0.717) is 42.3 Å². The molecule has 2 amide bonds. The molecule has 0 atom stereocenters. The Kier molecular flexibility index (Phi) is 19.0. The molecule has 0 aliphatic carbocycles. The molecule has 13 heteroatoms. The number of nitrogens with one attached hydrogen (secondary N) is 2. The summed E-state index contributed by atoms with van der Waals surface area (Å²) >= 11 is 5.97. The fourth-order valence-corrected chi connectivity index (χ4v) is 5.54. The van der Waals surface area contributed by atoms with E-state index in [2.05, 4.69) is 41.3 Å². The van der Waals surface area contributed by atoms with E-state index in [4.69, 9.17) is 25.8 Å². The largest absolute Gasteiger partial charge is 0.383 e. The number of hydrogen-bond acceptors (Lipinski definition) is 9. The predicted molar refractivity (Wildman–Crippen MR) is 201 cm³/mol. The van der Waals surface area contributed by atoms with Crippen molar-refractivity contribution in [1.29, 1.82) is 0 Å². The number of amides is 2. The Bertz CT molecular complexity index is 1520. The van der Waals surface area contributed by atoms with Crippen LogP contribution in [0, 0.1) is 5.41 Å². The number of aromatic nitrogens is 2. The molecular formula is C37H57ClN6O6. The van der Waals surface area contributed by atoms with Crippen molar-refractivity contribution in [3.8, 4) is 0 Å². The Labute approximate surface area is 302 Å². The first-order valence-corrected chi connectivity index (χ1v) is 17.7. The number of ether oxygens (including phenoxy) is 3. The molecule has 0 saturated carbocycles. The Hall–Kier alpha value is -3.55. The molecule has 12 nitrogen and oxygen atoms in total. The maximum Gasteiger partial charge on any atom is 0.265 e. The van der Waals surface area contributed by atoms with Gasteiger partial charge in [-0.2, -0.15) is 0 Å². The van der Waals surface area contributed by atoms with Gasteiger partial charge in [0.05, 0.1) is 19.8 Å². The molecule has 0 unspecified atom stereocenters. The van der Waals surface area contributed by atoms with Crippen LogP contribution in [0.5, 0.6) is 0 Å². The summed E-state index contributed by atoms with van der Waals surface area (Å²) in [5.74, 6) is -0.690. The van der Waals surface area contributed by atoms with Crippen LogP contribution in [0.2, 0.25) is 5.02 Å². The molecule has 2 aromatic heterocycles. The van der Waals surface area contributed by atoms with E-state index in [1.807, 2.05) is 32.0 Å². The van der Waals surface area contributed by atoms with Crippen LogP contribution in [0.3, 0.4) is 0 Å². The van der Waals surface area contributed by atoms with Gasteiger partial charge in [0.2, 0.25) is 5.91 Å². The summed E-state index contributed by atoms with van der Waals surface area (Å²) in [6.45, 7) is 16.8. The van der Waals surface area contributed by atoms with Gasteiger partial charge in [-0.25, -0.2) is 4.98 Å². The van der Waals surface area contributed by atoms with Crippen molar-refractivity contribution >= 4 is 40.1 Å². The van der Waals surface area contributed by atoms with Gasteiger partial charge < -0.3 is 34.6 Å². The lowest BCUT2D eigenvalue weighted by Crippen LogP contribution is -2.56. The second kappa shape index (κ2) is 22.3. The fourth-order valence-electron chi connectivity index (χ4n) is 5.41. The van der Waals surface area contributed by atoms with E-state index in [0.717, 1.165) is 50.5 Å². The zero-order valence-electron chi connectivity index (χ0n) is 31.1. The van der Waals surface area contributed by atoms with Crippen molar-refractivity contribution < 1.29 is 23.8 Å². The number of anilines is 1. The fraction of sp³-hybridized carbons (Fsp3) is 0.568. The first-order valence-electron chi connectivity index (χ1n) is 17.3. The summed E-state index contributed by atoms with van der Waals surface area (Å²) in [5.41, 5.74) is 1.52. The summed E-state index contributed by atoms with van der Waals surface area (Å²) in [5, 5.41) is 7.21. The third-order valence-corrected chi connectivity index (χ3v) is 8.08. The summed E-state index contributed by atoms with van der Waals surface area (Å²) in [6, 6.07) is 10.6. The minimum absolute atomic E-state index is 0.0364. The molecule has 50 heavy (non-hydrogen) atoms. The van der Waals surface area contributed by atoms with Crippen LogP contribution in [0.25, 0.3) is 11.0 Å². The summed E-state index contributed by atoms with van der Waals surface area (Å²) in [4.78, 5) is 48.6. The van der Waals surface area contributed by atoms with Crippen molar-refractivity contribution in [2.75, 3.05) is 85.3 Å². The van der Waals surface area contributed by atoms with Gasteiger partial charge in [-0.1, -0.05) is 58.4 Å². The number of hydrogen-bond donors (Lipinski definition) is 2. The van der Waals surface area contributed by atoms with Crippen LogP contribution >= 0.6 is 11.6 Å². The Morgan fingerprint density at radius 2 is 1.58 bits per heavy atom. The van der Waals surface area contributed by atoms with Crippen molar-refractivity contribution in [2.24, 2.45) is 5.41 Å². The number of pyridine rings is 2. The highest BCUT2D eigenvalue weighted by Gasteiger charge is 2.37. The van der Waals surface area contributed by atoms with Crippen LogP contribution in [-0.2, 0) is 32.1 Å². The molecule has 0 radical (unpaired) electrons. The number of halogens is 1. The van der Waals surface area contributed by atoms with Crippen LogP contribution in [0.1, 0.15) is 57.0 Å². The number of fused-ring (bicyclic) bond motifs is 1. The number of carbonyl (C=O) groups is 2. The van der Waals surface area contributed by atoms with Crippen molar-refractivity contribution in [3.63, 3.8) is 0 Å². The van der Waals surface area contributed by atoms with Crippen LogP contribution < -0.4 is 21.1 Å². The van der Waals surface area contributed by atoms with E-state index in [9.17, 15) is 14.4 Å². The minimum atomic E-state index is -0.548. The van der Waals surface area contributed by atoms with Gasteiger partial charge in [-0.05, 0) is 41.7 Å². The first-order chi connectivity index (χ1) is 24.0. The highest BCUT2D eigenvalue weighted by molar-refractivity contribution is 6.30. The monoisotopic (exact) mass is 716 g/mol. The Balaban J connectivity index is 0.000000686. The molecule has 0 spiro atoms. The quantitative estimate of drug-likeness (QED) is 0.193. The van der Waals surface area contributed by atoms with Gasteiger partial charge in [0, 0.05) is 89.4 Å². The van der Waals surface area contributed by atoms with E-state index in [-0.39, 0.29) is 30.0 Å². The SMILES string of the molecule is CC.CCCN(CCOC)c1ccnc2c1cc(C(=O)NCc1ccc(Cl)cc1)c(=O)n2CC(=O)N1CC(C)(C)C1.COCCNCCOC. The number of methoxy groups -OCH3 is 3. The molecule has 278 valence electrons. The molecule has 1 aromatic carbocycles. The third-order valence-electron chi connectivity index (χ3n) is 7.83. The van der Waals surface area contributed by atoms with Crippen molar-refractivity contribution in [1.82, 2.24) is 25.1 Å². The van der Waals surface area contributed by atoms with Crippen molar-refractivity contribution in [3.05, 3.63) is 69.1 Å². The first kappa shape index (κ1) is 42.6. The average molecular weight is 717 g/mol. The topological polar surface area (TPSA) is 127 Å². The zero-order valence-corrected chi connectivity index (χ0v) is 31.9. The maximum atomic E-state index is 13.7. The average Bonchev–Trinajstić information content (AvgIpc) is 3.10. The van der Waals surface area contributed by atoms with E-state index < -0.39 is 11.5 Å². The van der Waals surface area contributed by atoms with Gasteiger partial charge in [0.1, 0.15) is 17.8 Å². The number of carbonyl (C=O) groups excluding carboxylic acids is 2. The molecular weight excluding hydrogens is 660 g/mol. The minimum Gasteiger partial charge on any atom is -0.383 e. The van der Waals surface area contributed by atoms with Crippen LogP contribution in [0.4, 0.5) is 5.69 Å². The predicted octanol–water partition coefficient (Wildman–Crippen LogP) is 4.61. The molecule has 4 rings (SSSR count). The summed E-state index contributed by atoms with van der Waals surface area (Å²) in [7, 11) is 5.04. The normalized spacial score (nSPS) is 13.0. The number of rotatable bonds is 17. The second-order valence-corrected chi connectivity index (χ2v) is 12.9. The molecule has 1 aliphatic rings. The van der Waals surface area contributed by atoms with Gasteiger partial charge in [-0.15, -0.1) is 0 Å². The van der Waals surface area contributed by atoms with Crippen LogP contribution in [-0.4, -0.2) is 107 Å². The molecule has 3 heterocycles. The molecule has 2 N–H and O–H groups in total. The van der Waals surface area contributed by atoms with Crippen molar-refractivity contribution in [2.45, 2.75) is 54.1 Å². The van der Waals surface area contributed by atoms with E-state index in [1.54, 1.807) is 50.6 Å². The number of benzene rings is 1. The Morgan fingerprint density at radius 1 is 0.960 bits per heavy atom. The molecule has 1 fully saturated rings. The summed E-state index contributed by atoms with van der Waals surface area (Å²) in [6.07, 6.45) is 2.53. The second-order valence-electron chi connectivity index (χ2n) is 12.5.